The monoisotopic (exact) mass is 344 g/mol. The van der Waals surface area contributed by atoms with Gasteiger partial charge in [0.25, 0.3) is 0 Å². The van der Waals surface area contributed by atoms with Crippen molar-refractivity contribution in [3.05, 3.63) is 34.3 Å². The van der Waals surface area contributed by atoms with Crippen molar-refractivity contribution >= 4 is 27.5 Å². The third kappa shape index (κ3) is 3.62. The Labute approximate surface area is 136 Å². The molecule has 1 unspecified atom stereocenters. The second-order valence-corrected chi connectivity index (χ2v) is 8.26. The first-order valence-corrected chi connectivity index (χ1v) is 9.25. The third-order valence-electron chi connectivity index (χ3n) is 3.75. The Hall–Kier alpha value is -1.11. The van der Waals surface area contributed by atoms with Crippen LogP contribution in [0.4, 0.5) is 0 Å². The van der Waals surface area contributed by atoms with Crippen LogP contribution in [0.3, 0.4) is 0 Å². The van der Waals surface area contributed by atoms with Gasteiger partial charge in [-0.15, -0.1) is 0 Å². The molecule has 1 aromatic carbocycles. The Morgan fingerprint density at radius 1 is 1.45 bits per heavy atom. The first-order valence-electron chi connectivity index (χ1n) is 7.26. The number of nitrogens with one attached hydrogen (secondary N) is 1. The summed E-state index contributed by atoms with van der Waals surface area (Å²) in [5, 5.41) is 3.39. The molecule has 0 aliphatic carbocycles. The van der Waals surface area contributed by atoms with E-state index in [4.69, 9.17) is 11.6 Å². The van der Waals surface area contributed by atoms with Gasteiger partial charge in [-0.1, -0.05) is 23.7 Å². The summed E-state index contributed by atoms with van der Waals surface area (Å²) in [6.07, 6.45) is 0.327. The predicted octanol–water partition coefficient (Wildman–Crippen LogP) is 2.08. The van der Waals surface area contributed by atoms with E-state index >= 15 is 0 Å². The molecular formula is C15H21ClN2O3S. The van der Waals surface area contributed by atoms with Crippen LogP contribution in [0, 0.1) is 6.92 Å². The molecule has 0 saturated carbocycles. The zero-order valence-electron chi connectivity index (χ0n) is 13.0. The van der Waals surface area contributed by atoms with E-state index in [0.717, 1.165) is 11.1 Å². The number of sulfonamides is 1. The van der Waals surface area contributed by atoms with Gasteiger partial charge in [-0.25, -0.2) is 8.42 Å². The van der Waals surface area contributed by atoms with Crippen molar-refractivity contribution in [2.45, 2.75) is 45.8 Å². The summed E-state index contributed by atoms with van der Waals surface area (Å²) in [6, 6.07) is 4.77. The average Bonchev–Trinajstić information content (AvgIpc) is 2.73. The summed E-state index contributed by atoms with van der Waals surface area (Å²) >= 11 is 6.14. The van der Waals surface area contributed by atoms with E-state index in [9.17, 15) is 13.2 Å². The van der Waals surface area contributed by atoms with E-state index < -0.39 is 16.1 Å². The summed E-state index contributed by atoms with van der Waals surface area (Å²) in [7, 11) is -3.33. The minimum Gasteiger partial charge on any atom is -0.351 e. The van der Waals surface area contributed by atoms with Crippen molar-refractivity contribution in [1.82, 2.24) is 9.62 Å². The standard InChI is InChI=1S/C15H21ClN2O3S/c1-10(2)18-14(6-7-22(18,20)21)15(19)17-9-12-5-4-11(3)8-13(12)16/h4-5,8,10,14H,6-7,9H2,1-3H3,(H,17,19). The highest BCUT2D eigenvalue weighted by molar-refractivity contribution is 7.89. The molecule has 5 nitrogen and oxygen atoms in total. The fourth-order valence-electron chi connectivity index (χ4n) is 2.71. The van der Waals surface area contributed by atoms with Gasteiger partial charge in [0, 0.05) is 17.6 Å². The molecular weight excluding hydrogens is 324 g/mol. The molecule has 1 aromatic rings. The van der Waals surface area contributed by atoms with E-state index in [0.29, 0.717) is 18.0 Å². The Morgan fingerprint density at radius 3 is 2.73 bits per heavy atom. The van der Waals surface area contributed by atoms with Gasteiger partial charge in [0.15, 0.2) is 0 Å². The average molecular weight is 345 g/mol. The quantitative estimate of drug-likeness (QED) is 0.909. The van der Waals surface area contributed by atoms with Crippen LogP contribution in [-0.2, 0) is 21.4 Å². The first-order chi connectivity index (χ1) is 10.2. The number of amides is 1. The van der Waals surface area contributed by atoms with E-state index in [1.807, 2.05) is 25.1 Å². The Balaban J connectivity index is 2.06. The second kappa shape index (κ2) is 6.56. The number of nitrogens with zero attached hydrogens (tertiary/aromatic N) is 1. The van der Waals surface area contributed by atoms with Crippen molar-refractivity contribution in [3.63, 3.8) is 0 Å². The minimum absolute atomic E-state index is 0.0224. The highest BCUT2D eigenvalue weighted by atomic mass is 35.5. The van der Waals surface area contributed by atoms with Crippen molar-refractivity contribution in [1.29, 1.82) is 0 Å². The third-order valence-corrected chi connectivity index (χ3v) is 6.17. The fourth-order valence-corrected chi connectivity index (χ4v) is 4.98. The van der Waals surface area contributed by atoms with Gasteiger partial charge < -0.3 is 5.32 Å². The lowest BCUT2D eigenvalue weighted by Crippen LogP contribution is -2.47. The molecule has 0 bridgehead atoms. The summed E-state index contributed by atoms with van der Waals surface area (Å²) < 4.78 is 25.3. The van der Waals surface area contributed by atoms with Crippen LogP contribution in [0.1, 0.15) is 31.4 Å². The molecule has 0 radical (unpaired) electrons. The van der Waals surface area contributed by atoms with E-state index in [-0.39, 0.29) is 17.7 Å². The van der Waals surface area contributed by atoms with Crippen LogP contribution in [-0.4, -0.2) is 36.5 Å². The number of hydrogen-bond acceptors (Lipinski definition) is 3. The number of halogens is 1. The second-order valence-electron chi connectivity index (χ2n) is 5.86. The molecule has 1 saturated heterocycles. The Kier molecular flexibility index (Phi) is 5.14. The summed E-state index contributed by atoms with van der Waals surface area (Å²) in [5.74, 6) is -0.249. The van der Waals surface area contributed by atoms with Gasteiger partial charge in [-0.3, -0.25) is 4.79 Å². The molecule has 1 N–H and O–H groups in total. The summed E-state index contributed by atoms with van der Waals surface area (Å²) in [4.78, 5) is 12.3. The van der Waals surface area contributed by atoms with Gasteiger partial charge >= 0.3 is 0 Å². The maximum atomic E-state index is 12.3. The lowest BCUT2D eigenvalue weighted by molar-refractivity contribution is -0.125. The topological polar surface area (TPSA) is 66.5 Å². The molecule has 1 aliphatic rings. The largest absolute Gasteiger partial charge is 0.351 e. The molecule has 1 aliphatic heterocycles. The number of benzene rings is 1. The van der Waals surface area contributed by atoms with Crippen molar-refractivity contribution in [2.24, 2.45) is 0 Å². The van der Waals surface area contributed by atoms with Crippen LogP contribution < -0.4 is 5.32 Å². The number of aryl methyl sites for hydroxylation is 1. The van der Waals surface area contributed by atoms with Crippen LogP contribution in [0.15, 0.2) is 18.2 Å². The van der Waals surface area contributed by atoms with E-state index in [1.165, 1.54) is 4.31 Å². The maximum absolute atomic E-state index is 12.3. The molecule has 1 fully saturated rings. The Bertz CT molecular complexity index is 673. The normalized spacial score (nSPS) is 21.2. The van der Waals surface area contributed by atoms with Crippen LogP contribution in [0.5, 0.6) is 0 Å². The molecule has 122 valence electrons. The van der Waals surface area contributed by atoms with Crippen molar-refractivity contribution in [3.8, 4) is 0 Å². The zero-order valence-corrected chi connectivity index (χ0v) is 14.5. The summed E-state index contributed by atoms with van der Waals surface area (Å²) in [6.45, 7) is 5.79. The van der Waals surface area contributed by atoms with Gasteiger partial charge in [-0.05, 0) is 44.4 Å². The van der Waals surface area contributed by atoms with Crippen LogP contribution in [0.2, 0.25) is 5.02 Å². The first kappa shape index (κ1) is 17.2. The highest BCUT2D eigenvalue weighted by Gasteiger charge is 2.42. The predicted molar refractivity (Wildman–Crippen MR) is 87.2 cm³/mol. The fraction of sp³-hybridized carbons (Fsp3) is 0.533. The number of hydrogen-bond donors (Lipinski definition) is 1. The van der Waals surface area contributed by atoms with Gasteiger partial charge in [0.1, 0.15) is 6.04 Å². The molecule has 1 heterocycles. The van der Waals surface area contributed by atoms with Gasteiger partial charge in [0.2, 0.25) is 15.9 Å². The molecule has 0 aromatic heterocycles. The zero-order chi connectivity index (χ0) is 16.5. The summed E-state index contributed by atoms with van der Waals surface area (Å²) in [5.41, 5.74) is 1.87. The molecule has 1 atom stereocenters. The number of rotatable bonds is 4. The molecule has 7 heteroatoms. The molecule has 22 heavy (non-hydrogen) atoms. The molecule has 2 rings (SSSR count). The van der Waals surface area contributed by atoms with Gasteiger partial charge in [-0.2, -0.15) is 4.31 Å². The van der Waals surface area contributed by atoms with Crippen molar-refractivity contribution < 1.29 is 13.2 Å². The lowest BCUT2D eigenvalue weighted by Gasteiger charge is -2.25. The Morgan fingerprint density at radius 2 is 2.14 bits per heavy atom. The minimum atomic E-state index is -3.33. The number of carbonyl (C=O) groups is 1. The van der Waals surface area contributed by atoms with E-state index in [2.05, 4.69) is 5.32 Å². The maximum Gasteiger partial charge on any atom is 0.238 e. The smallest absolute Gasteiger partial charge is 0.238 e. The van der Waals surface area contributed by atoms with E-state index in [1.54, 1.807) is 13.8 Å². The molecule has 1 amide bonds. The van der Waals surface area contributed by atoms with Crippen molar-refractivity contribution in [2.75, 3.05) is 5.75 Å². The van der Waals surface area contributed by atoms with Crippen LogP contribution in [0.25, 0.3) is 0 Å². The number of carbonyl (C=O) groups excluding carboxylic acids is 1. The highest BCUT2D eigenvalue weighted by Crippen LogP contribution is 2.24. The van der Waals surface area contributed by atoms with Gasteiger partial charge in [0.05, 0.1) is 5.75 Å². The lowest BCUT2D eigenvalue weighted by atomic mass is 10.1. The van der Waals surface area contributed by atoms with Crippen LogP contribution >= 0.6 is 11.6 Å². The molecule has 0 spiro atoms. The SMILES string of the molecule is Cc1ccc(CNC(=O)C2CCS(=O)(=O)N2C(C)C)c(Cl)c1.